The number of aromatic nitrogens is 2. The lowest BCUT2D eigenvalue weighted by molar-refractivity contribution is 0.0690. The summed E-state index contributed by atoms with van der Waals surface area (Å²) in [6, 6.07) is 16.1. The summed E-state index contributed by atoms with van der Waals surface area (Å²) in [5, 5.41) is 16.7. The SMILES string of the molecule is CC(Oc1ccccc1C(=O)O)c1c(-c2ccccc2)n[nH]c1Cl. The molecule has 2 aromatic carbocycles. The second kappa shape index (κ2) is 6.76. The minimum absolute atomic E-state index is 0.102. The van der Waals surface area contributed by atoms with Crippen LogP contribution in [0, 0.1) is 0 Å². The molecule has 0 fully saturated rings. The molecule has 1 unspecified atom stereocenters. The van der Waals surface area contributed by atoms with Crippen LogP contribution in [0.3, 0.4) is 0 Å². The predicted molar refractivity (Wildman–Crippen MR) is 91.5 cm³/mol. The van der Waals surface area contributed by atoms with E-state index in [1.807, 2.05) is 37.3 Å². The monoisotopic (exact) mass is 342 g/mol. The maximum atomic E-state index is 11.3. The van der Waals surface area contributed by atoms with Crippen LogP contribution >= 0.6 is 11.6 Å². The van der Waals surface area contributed by atoms with Crippen molar-refractivity contribution in [2.45, 2.75) is 13.0 Å². The van der Waals surface area contributed by atoms with Crippen LogP contribution in [0.1, 0.15) is 28.9 Å². The summed E-state index contributed by atoms with van der Waals surface area (Å²) in [7, 11) is 0. The number of carboxylic acid groups (broad SMARTS) is 1. The highest BCUT2D eigenvalue weighted by molar-refractivity contribution is 6.30. The van der Waals surface area contributed by atoms with Crippen LogP contribution in [-0.4, -0.2) is 21.3 Å². The van der Waals surface area contributed by atoms with E-state index in [1.165, 1.54) is 6.07 Å². The van der Waals surface area contributed by atoms with Gasteiger partial charge in [0.25, 0.3) is 0 Å². The molecule has 122 valence electrons. The Morgan fingerprint density at radius 1 is 1.17 bits per heavy atom. The Labute approximate surface area is 143 Å². The third-order valence-corrected chi connectivity index (χ3v) is 3.92. The molecule has 0 spiro atoms. The van der Waals surface area contributed by atoms with Crippen LogP contribution in [-0.2, 0) is 0 Å². The molecule has 1 aromatic heterocycles. The first-order valence-electron chi connectivity index (χ1n) is 7.36. The predicted octanol–water partition coefficient (Wildman–Crippen LogP) is 4.57. The summed E-state index contributed by atoms with van der Waals surface area (Å²) in [4.78, 5) is 11.3. The molecular weight excluding hydrogens is 328 g/mol. The minimum Gasteiger partial charge on any atom is -0.485 e. The zero-order valence-corrected chi connectivity index (χ0v) is 13.6. The molecule has 2 N–H and O–H groups in total. The molecular formula is C18H15ClN2O3. The van der Waals surface area contributed by atoms with Gasteiger partial charge in [0.1, 0.15) is 28.3 Å². The first-order valence-corrected chi connectivity index (χ1v) is 7.74. The van der Waals surface area contributed by atoms with Crippen molar-refractivity contribution in [3.63, 3.8) is 0 Å². The number of benzene rings is 2. The average molecular weight is 343 g/mol. The fourth-order valence-electron chi connectivity index (χ4n) is 2.51. The Morgan fingerprint density at radius 3 is 2.54 bits per heavy atom. The molecule has 3 aromatic rings. The maximum absolute atomic E-state index is 11.3. The van der Waals surface area contributed by atoms with Gasteiger partial charge < -0.3 is 9.84 Å². The van der Waals surface area contributed by atoms with Crippen LogP contribution in [0.2, 0.25) is 5.15 Å². The van der Waals surface area contributed by atoms with Gasteiger partial charge in [-0.2, -0.15) is 5.10 Å². The maximum Gasteiger partial charge on any atom is 0.339 e. The van der Waals surface area contributed by atoms with Gasteiger partial charge >= 0.3 is 5.97 Å². The normalized spacial score (nSPS) is 11.9. The van der Waals surface area contributed by atoms with Gasteiger partial charge in [0.05, 0.1) is 5.56 Å². The van der Waals surface area contributed by atoms with E-state index < -0.39 is 12.1 Å². The summed E-state index contributed by atoms with van der Waals surface area (Å²) in [5.41, 5.74) is 2.37. The van der Waals surface area contributed by atoms with Crippen molar-refractivity contribution in [3.05, 3.63) is 70.9 Å². The smallest absolute Gasteiger partial charge is 0.339 e. The summed E-state index contributed by atoms with van der Waals surface area (Å²) in [6.07, 6.45) is -0.480. The minimum atomic E-state index is -1.04. The highest BCUT2D eigenvalue weighted by Gasteiger charge is 2.22. The Bertz CT molecular complexity index is 862. The van der Waals surface area contributed by atoms with E-state index in [9.17, 15) is 9.90 Å². The molecule has 0 amide bonds. The van der Waals surface area contributed by atoms with E-state index in [4.69, 9.17) is 16.3 Å². The van der Waals surface area contributed by atoms with E-state index in [-0.39, 0.29) is 11.3 Å². The van der Waals surface area contributed by atoms with Crippen molar-refractivity contribution in [3.8, 4) is 17.0 Å². The molecule has 0 saturated heterocycles. The van der Waals surface area contributed by atoms with E-state index in [2.05, 4.69) is 10.2 Å². The molecule has 0 saturated carbocycles. The molecule has 0 aliphatic carbocycles. The summed E-state index contributed by atoms with van der Waals surface area (Å²) < 4.78 is 5.87. The molecule has 0 aliphatic rings. The molecule has 0 radical (unpaired) electrons. The first-order chi connectivity index (χ1) is 11.6. The standard InChI is InChI=1S/C18H15ClN2O3/c1-11(24-14-10-6-5-9-13(14)18(22)23)15-16(20-21-17(15)19)12-7-3-2-4-8-12/h2-11H,1H3,(H,20,21)(H,22,23). The number of aromatic amines is 1. The van der Waals surface area contributed by atoms with Crippen molar-refractivity contribution >= 4 is 17.6 Å². The van der Waals surface area contributed by atoms with Crippen molar-refractivity contribution in [1.29, 1.82) is 0 Å². The fourth-order valence-corrected chi connectivity index (χ4v) is 2.80. The average Bonchev–Trinajstić information content (AvgIpc) is 2.97. The quantitative estimate of drug-likeness (QED) is 0.712. The number of aromatic carboxylic acids is 1. The fraction of sp³-hybridized carbons (Fsp3) is 0.111. The molecule has 6 heteroatoms. The van der Waals surface area contributed by atoms with Crippen LogP contribution in [0.25, 0.3) is 11.3 Å². The second-order valence-corrected chi connectivity index (χ2v) is 5.61. The van der Waals surface area contributed by atoms with E-state index in [1.54, 1.807) is 18.2 Å². The number of carboxylic acids is 1. The number of nitrogens with zero attached hydrogens (tertiary/aromatic N) is 1. The van der Waals surface area contributed by atoms with Gasteiger partial charge in [-0.15, -0.1) is 0 Å². The Morgan fingerprint density at radius 2 is 1.83 bits per heavy atom. The number of H-pyrrole nitrogens is 1. The highest BCUT2D eigenvalue weighted by Crippen LogP contribution is 2.34. The molecule has 0 bridgehead atoms. The largest absolute Gasteiger partial charge is 0.485 e. The number of para-hydroxylation sites is 1. The number of hydrogen-bond acceptors (Lipinski definition) is 3. The van der Waals surface area contributed by atoms with Crippen molar-refractivity contribution in [2.75, 3.05) is 0 Å². The van der Waals surface area contributed by atoms with E-state index in [0.29, 0.717) is 16.4 Å². The number of halogens is 1. The van der Waals surface area contributed by atoms with Crippen LogP contribution in [0.4, 0.5) is 0 Å². The first kappa shape index (κ1) is 16.1. The zero-order valence-electron chi connectivity index (χ0n) is 12.9. The van der Waals surface area contributed by atoms with Gasteiger partial charge in [0, 0.05) is 5.56 Å². The van der Waals surface area contributed by atoms with Gasteiger partial charge in [-0.25, -0.2) is 4.79 Å². The van der Waals surface area contributed by atoms with E-state index >= 15 is 0 Å². The number of hydrogen-bond donors (Lipinski definition) is 2. The number of ether oxygens (including phenoxy) is 1. The molecule has 3 rings (SSSR count). The summed E-state index contributed by atoms with van der Waals surface area (Å²) in [5.74, 6) is -0.756. The molecule has 24 heavy (non-hydrogen) atoms. The van der Waals surface area contributed by atoms with Gasteiger partial charge in [-0.1, -0.05) is 54.1 Å². The third-order valence-electron chi connectivity index (χ3n) is 3.63. The van der Waals surface area contributed by atoms with Crippen LogP contribution < -0.4 is 4.74 Å². The van der Waals surface area contributed by atoms with Crippen molar-refractivity contribution < 1.29 is 14.6 Å². The van der Waals surface area contributed by atoms with Gasteiger partial charge in [0.2, 0.25) is 0 Å². The Hall–Kier alpha value is -2.79. The Balaban J connectivity index is 1.96. The van der Waals surface area contributed by atoms with Crippen molar-refractivity contribution in [1.82, 2.24) is 10.2 Å². The topological polar surface area (TPSA) is 75.2 Å². The molecule has 5 nitrogen and oxygen atoms in total. The third kappa shape index (κ3) is 3.12. The van der Waals surface area contributed by atoms with Crippen LogP contribution in [0.5, 0.6) is 5.75 Å². The lowest BCUT2D eigenvalue weighted by Crippen LogP contribution is -2.08. The zero-order chi connectivity index (χ0) is 17.1. The Kier molecular flexibility index (Phi) is 4.53. The van der Waals surface area contributed by atoms with Gasteiger partial charge in [0.15, 0.2) is 0 Å². The summed E-state index contributed by atoms with van der Waals surface area (Å²) in [6.45, 7) is 1.81. The highest BCUT2D eigenvalue weighted by atomic mass is 35.5. The van der Waals surface area contributed by atoms with Crippen molar-refractivity contribution in [2.24, 2.45) is 0 Å². The molecule has 1 heterocycles. The lowest BCUT2D eigenvalue weighted by atomic mass is 10.0. The molecule has 1 atom stereocenters. The van der Waals surface area contributed by atoms with E-state index in [0.717, 1.165) is 5.56 Å². The number of carbonyl (C=O) groups is 1. The van der Waals surface area contributed by atoms with Gasteiger partial charge in [-0.05, 0) is 19.1 Å². The lowest BCUT2D eigenvalue weighted by Gasteiger charge is -2.17. The molecule has 0 aliphatic heterocycles. The number of nitrogens with one attached hydrogen (secondary N) is 1. The number of rotatable bonds is 5. The van der Waals surface area contributed by atoms with Crippen LogP contribution in [0.15, 0.2) is 54.6 Å². The second-order valence-electron chi connectivity index (χ2n) is 5.23. The van der Waals surface area contributed by atoms with Gasteiger partial charge in [-0.3, -0.25) is 5.10 Å². The summed E-state index contributed by atoms with van der Waals surface area (Å²) >= 11 is 6.24.